The Balaban J connectivity index is 2.30. The van der Waals surface area contributed by atoms with Crippen molar-refractivity contribution < 1.29 is 14.4 Å². The first-order chi connectivity index (χ1) is 5.74. The monoisotopic (exact) mass is 192 g/mol. The molecule has 1 aliphatic heterocycles. The Morgan fingerprint density at radius 1 is 1.83 bits per heavy atom. The van der Waals surface area contributed by atoms with Crippen molar-refractivity contribution in [2.24, 2.45) is 0 Å². The number of nitrogens with one attached hydrogen (secondary N) is 2. The van der Waals surface area contributed by atoms with Crippen molar-refractivity contribution in [2.75, 3.05) is 12.5 Å². The van der Waals surface area contributed by atoms with Crippen LogP contribution in [0.15, 0.2) is 0 Å². The van der Waals surface area contributed by atoms with Crippen molar-refractivity contribution in [3.63, 3.8) is 0 Å². The smallest absolute Gasteiger partial charge is 0.268 e. The van der Waals surface area contributed by atoms with Crippen molar-refractivity contribution in [1.82, 2.24) is 10.8 Å². The van der Waals surface area contributed by atoms with E-state index in [1.54, 1.807) is 0 Å². The number of carbonyl (C=O) groups excluding carboxylic acids is 2. The van der Waals surface area contributed by atoms with Crippen molar-refractivity contribution in [3.8, 4) is 0 Å². The third kappa shape index (κ3) is 2.35. The van der Waals surface area contributed by atoms with E-state index >= 15 is 0 Å². The van der Waals surface area contributed by atoms with Gasteiger partial charge in [0.05, 0.1) is 0 Å². The molecule has 0 unspecified atom stereocenters. The lowest BCUT2D eigenvalue weighted by Gasteiger charge is -2.06. The SMILES string of the molecule is O=C(CCCl)N[C@@H]1CONC1=O. The van der Waals surface area contributed by atoms with Gasteiger partial charge in [0.25, 0.3) is 5.91 Å². The summed E-state index contributed by atoms with van der Waals surface area (Å²) in [7, 11) is 0. The minimum atomic E-state index is -0.569. The Morgan fingerprint density at radius 3 is 3.08 bits per heavy atom. The molecule has 2 N–H and O–H groups in total. The molecule has 2 amide bonds. The first-order valence-corrected chi connectivity index (χ1v) is 4.04. The van der Waals surface area contributed by atoms with Crippen molar-refractivity contribution in [2.45, 2.75) is 12.5 Å². The molecule has 1 heterocycles. The molecule has 0 bridgehead atoms. The van der Waals surface area contributed by atoms with E-state index in [-0.39, 0.29) is 30.7 Å². The molecule has 5 nitrogen and oxygen atoms in total. The fraction of sp³-hybridized carbons (Fsp3) is 0.667. The summed E-state index contributed by atoms with van der Waals surface area (Å²) < 4.78 is 0. The molecule has 0 aromatic heterocycles. The van der Waals surface area contributed by atoms with Gasteiger partial charge in [-0.25, -0.2) is 5.48 Å². The number of amides is 2. The zero-order chi connectivity index (χ0) is 8.97. The van der Waals surface area contributed by atoms with E-state index in [0.717, 1.165) is 0 Å². The molecule has 1 fully saturated rings. The van der Waals surface area contributed by atoms with E-state index in [0.29, 0.717) is 0 Å². The van der Waals surface area contributed by atoms with E-state index in [1.165, 1.54) is 0 Å². The van der Waals surface area contributed by atoms with Crippen LogP contribution in [0.3, 0.4) is 0 Å². The van der Waals surface area contributed by atoms with Gasteiger partial charge in [0, 0.05) is 12.3 Å². The van der Waals surface area contributed by atoms with Crippen molar-refractivity contribution in [3.05, 3.63) is 0 Å². The highest BCUT2D eigenvalue weighted by molar-refractivity contribution is 6.18. The van der Waals surface area contributed by atoms with E-state index in [1.807, 2.05) is 0 Å². The predicted octanol–water partition coefficient (Wildman–Crippen LogP) is -0.839. The summed E-state index contributed by atoms with van der Waals surface area (Å²) in [5.74, 6) is -0.310. The average Bonchev–Trinajstić information content (AvgIpc) is 2.37. The highest BCUT2D eigenvalue weighted by atomic mass is 35.5. The van der Waals surface area contributed by atoms with Gasteiger partial charge in [0.1, 0.15) is 12.6 Å². The van der Waals surface area contributed by atoms with Gasteiger partial charge >= 0.3 is 0 Å². The zero-order valence-electron chi connectivity index (χ0n) is 6.30. The third-order valence-corrected chi connectivity index (χ3v) is 1.59. The predicted molar refractivity (Wildman–Crippen MR) is 41.4 cm³/mol. The molecule has 0 radical (unpaired) electrons. The molecular weight excluding hydrogens is 184 g/mol. The number of halogens is 1. The minimum absolute atomic E-state index is 0.173. The molecule has 1 saturated heterocycles. The first kappa shape index (κ1) is 9.28. The van der Waals surface area contributed by atoms with Gasteiger partial charge < -0.3 is 5.32 Å². The highest BCUT2D eigenvalue weighted by Crippen LogP contribution is 1.95. The van der Waals surface area contributed by atoms with Crippen LogP contribution in [0.4, 0.5) is 0 Å². The Labute approximate surface area is 74.4 Å². The molecular formula is C6H9ClN2O3. The third-order valence-electron chi connectivity index (χ3n) is 1.40. The second-order valence-electron chi connectivity index (χ2n) is 2.34. The van der Waals surface area contributed by atoms with Crippen LogP contribution in [-0.2, 0) is 14.4 Å². The summed E-state index contributed by atoms with van der Waals surface area (Å²) in [5, 5.41) is 2.47. The van der Waals surface area contributed by atoms with Gasteiger partial charge in [-0.15, -0.1) is 11.6 Å². The van der Waals surface area contributed by atoms with Crippen LogP contribution in [0, 0.1) is 0 Å². The maximum absolute atomic E-state index is 10.9. The summed E-state index contributed by atoms with van der Waals surface area (Å²) in [5.41, 5.74) is 2.13. The zero-order valence-corrected chi connectivity index (χ0v) is 7.06. The summed E-state index contributed by atoms with van der Waals surface area (Å²) in [6.07, 6.45) is 0.214. The van der Waals surface area contributed by atoms with E-state index in [2.05, 4.69) is 15.6 Å². The van der Waals surface area contributed by atoms with Gasteiger partial charge in [-0.2, -0.15) is 0 Å². The van der Waals surface area contributed by atoms with Gasteiger partial charge in [0.2, 0.25) is 5.91 Å². The normalized spacial score (nSPS) is 22.1. The first-order valence-electron chi connectivity index (χ1n) is 3.51. The number of hydroxylamine groups is 1. The van der Waals surface area contributed by atoms with Gasteiger partial charge in [0.15, 0.2) is 0 Å². The molecule has 0 saturated carbocycles. The van der Waals surface area contributed by atoms with Crippen molar-refractivity contribution >= 4 is 23.4 Å². The fourth-order valence-corrected chi connectivity index (χ4v) is 0.974. The highest BCUT2D eigenvalue weighted by Gasteiger charge is 2.26. The van der Waals surface area contributed by atoms with Crippen LogP contribution < -0.4 is 10.8 Å². The molecule has 0 aromatic rings. The Morgan fingerprint density at radius 2 is 2.58 bits per heavy atom. The molecule has 6 heteroatoms. The molecule has 1 atom stereocenters. The van der Waals surface area contributed by atoms with Crippen LogP contribution in [0.2, 0.25) is 0 Å². The number of hydrogen-bond acceptors (Lipinski definition) is 3. The Hall–Kier alpha value is -0.810. The second-order valence-corrected chi connectivity index (χ2v) is 2.71. The topological polar surface area (TPSA) is 67.4 Å². The van der Waals surface area contributed by atoms with Gasteiger partial charge in [-0.3, -0.25) is 14.4 Å². The summed E-state index contributed by atoms with van der Waals surface area (Å²) in [6.45, 7) is 0.173. The lowest BCUT2D eigenvalue weighted by molar-refractivity contribution is -0.128. The Bertz CT molecular complexity index is 197. The van der Waals surface area contributed by atoms with E-state index < -0.39 is 6.04 Å². The molecule has 0 aromatic carbocycles. The maximum atomic E-state index is 10.9. The molecule has 1 aliphatic rings. The summed E-state index contributed by atoms with van der Waals surface area (Å²) >= 11 is 5.33. The molecule has 68 valence electrons. The Kier molecular flexibility index (Phi) is 3.31. The largest absolute Gasteiger partial charge is 0.342 e. The van der Waals surface area contributed by atoms with E-state index in [4.69, 9.17) is 11.6 Å². The number of alkyl halides is 1. The van der Waals surface area contributed by atoms with Crippen molar-refractivity contribution in [1.29, 1.82) is 0 Å². The van der Waals surface area contributed by atoms with Gasteiger partial charge in [-0.05, 0) is 0 Å². The summed E-state index contributed by atoms with van der Waals surface area (Å²) in [4.78, 5) is 26.3. The van der Waals surface area contributed by atoms with Crippen LogP contribution >= 0.6 is 11.6 Å². The van der Waals surface area contributed by atoms with Gasteiger partial charge in [-0.1, -0.05) is 0 Å². The number of rotatable bonds is 3. The quantitative estimate of drug-likeness (QED) is 0.573. The standard InChI is InChI=1S/C6H9ClN2O3/c7-2-1-5(10)8-4-3-12-9-6(4)11/h4H,1-3H2,(H,8,10)(H,9,11)/t4-/m1/s1. The molecule has 1 rings (SSSR count). The number of hydrogen-bond donors (Lipinski definition) is 2. The van der Waals surface area contributed by atoms with E-state index in [9.17, 15) is 9.59 Å². The average molecular weight is 193 g/mol. The minimum Gasteiger partial charge on any atom is -0.342 e. The lowest BCUT2D eigenvalue weighted by Crippen LogP contribution is -2.41. The van der Waals surface area contributed by atoms with Crippen LogP contribution in [0.25, 0.3) is 0 Å². The second kappa shape index (κ2) is 4.27. The maximum Gasteiger partial charge on any atom is 0.268 e. The molecule has 12 heavy (non-hydrogen) atoms. The van der Waals surface area contributed by atoms with Crippen LogP contribution in [-0.4, -0.2) is 30.3 Å². The molecule has 0 aliphatic carbocycles. The van der Waals surface area contributed by atoms with Crippen LogP contribution in [0.1, 0.15) is 6.42 Å². The fourth-order valence-electron chi connectivity index (χ4n) is 0.802. The molecule has 0 spiro atoms. The summed E-state index contributed by atoms with van der Waals surface area (Å²) in [6, 6.07) is -0.569. The number of carbonyl (C=O) groups is 2. The lowest BCUT2D eigenvalue weighted by atomic mass is 10.3. The van der Waals surface area contributed by atoms with Crippen LogP contribution in [0.5, 0.6) is 0 Å².